The highest BCUT2D eigenvalue weighted by Gasteiger charge is 2.14. The molecule has 0 radical (unpaired) electrons. The summed E-state index contributed by atoms with van der Waals surface area (Å²) in [7, 11) is 3.18. The van der Waals surface area contributed by atoms with Crippen molar-refractivity contribution in [3.05, 3.63) is 111 Å². The minimum absolute atomic E-state index is 0.0991. The quantitative estimate of drug-likeness (QED) is 0.411. The summed E-state index contributed by atoms with van der Waals surface area (Å²) in [5, 5.41) is 3.13. The molecule has 0 amide bonds. The lowest BCUT2D eigenvalue weighted by Gasteiger charge is -2.16. The van der Waals surface area contributed by atoms with Crippen molar-refractivity contribution in [2.45, 2.75) is 19.6 Å². The van der Waals surface area contributed by atoms with Gasteiger partial charge < -0.3 is 14.8 Å². The van der Waals surface area contributed by atoms with Crippen LogP contribution in [-0.4, -0.2) is 33.3 Å². The SMILES string of the molecule is COc1ccc(Cn2c(NCc3ccncc3)nc(=O)n(Cc3ccc(OC)cc3)c2=O)cc1. The van der Waals surface area contributed by atoms with Gasteiger partial charge in [-0.2, -0.15) is 4.98 Å². The summed E-state index contributed by atoms with van der Waals surface area (Å²) in [6, 6.07) is 18.3. The summed E-state index contributed by atoms with van der Waals surface area (Å²) in [6.45, 7) is 0.721. The molecule has 0 fully saturated rings. The molecule has 0 spiro atoms. The molecular formula is C25H25N5O4. The lowest BCUT2D eigenvalue weighted by Crippen LogP contribution is -2.43. The van der Waals surface area contributed by atoms with E-state index in [0.717, 1.165) is 27.0 Å². The molecule has 0 aliphatic rings. The van der Waals surface area contributed by atoms with Crippen LogP contribution in [0.5, 0.6) is 11.5 Å². The summed E-state index contributed by atoms with van der Waals surface area (Å²) in [5.74, 6) is 1.62. The van der Waals surface area contributed by atoms with Crippen LogP contribution in [0.3, 0.4) is 0 Å². The zero-order chi connectivity index (χ0) is 23.9. The molecule has 0 unspecified atom stereocenters. The maximum absolute atomic E-state index is 13.5. The highest BCUT2D eigenvalue weighted by molar-refractivity contribution is 5.32. The van der Waals surface area contributed by atoms with Gasteiger partial charge in [0.25, 0.3) is 0 Å². The molecule has 0 bridgehead atoms. The van der Waals surface area contributed by atoms with Crippen LogP contribution in [0.25, 0.3) is 0 Å². The van der Waals surface area contributed by atoms with E-state index in [1.165, 1.54) is 4.57 Å². The Bertz CT molecular complexity index is 1350. The predicted octanol–water partition coefficient (Wildman–Crippen LogP) is 2.53. The standard InChI is InChI=1S/C25H25N5O4/c1-33-21-7-3-19(4-8-21)16-29-23(27-15-18-11-13-26-14-12-18)28-24(31)30(25(29)32)17-20-5-9-22(34-2)10-6-20/h3-14H,15-17H2,1-2H3,(H,27,28,31). The van der Waals surface area contributed by atoms with Gasteiger partial charge in [0.1, 0.15) is 11.5 Å². The zero-order valence-electron chi connectivity index (χ0n) is 19.0. The highest BCUT2D eigenvalue weighted by atomic mass is 16.5. The van der Waals surface area contributed by atoms with E-state index in [-0.39, 0.29) is 19.0 Å². The van der Waals surface area contributed by atoms with Gasteiger partial charge in [0.05, 0.1) is 27.3 Å². The molecule has 174 valence electrons. The van der Waals surface area contributed by atoms with Crippen LogP contribution in [0.2, 0.25) is 0 Å². The van der Waals surface area contributed by atoms with Crippen molar-refractivity contribution in [2.75, 3.05) is 19.5 Å². The van der Waals surface area contributed by atoms with Gasteiger partial charge in [-0.05, 0) is 53.1 Å². The number of pyridine rings is 1. The molecule has 2 aromatic heterocycles. The van der Waals surface area contributed by atoms with E-state index in [0.29, 0.717) is 12.3 Å². The van der Waals surface area contributed by atoms with Crippen molar-refractivity contribution in [1.82, 2.24) is 19.1 Å². The second-order valence-corrected chi connectivity index (χ2v) is 7.58. The number of hydrogen-bond donors (Lipinski definition) is 1. The Morgan fingerprint density at radius 1 is 0.735 bits per heavy atom. The number of nitrogens with one attached hydrogen (secondary N) is 1. The molecule has 2 heterocycles. The topological polar surface area (TPSA) is 100 Å². The first kappa shape index (κ1) is 22.8. The Hall–Kier alpha value is -4.40. The number of benzene rings is 2. The van der Waals surface area contributed by atoms with Crippen LogP contribution in [0, 0.1) is 0 Å². The van der Waals surface area contributed by atoms with Gasteiger partial charge in [0.2, 0.25) is 5.95 Å². The largest absolute Gasteiger partial charge is 0.497 e. The Morgan fingerprint density at radius 3 is 1.79 bits per heavy atom. The summed E-state index contributed by atoms with van der Waals surface area (Å²) in [5.41, 5.74) is 1.53. The normalized spacial score (nSPS) is 10.6. The second-order valence-electron chi connectivity index (χ2n) is 7.58. The smallest absolute Gasteiger partial charge is 0.355 e. The number of hydrogen-bond acceptors (Lipinski definition) is 7. The summed E-state index contributed by atoms with van der Waals surface area (Å²) in [6.07, 6.45) is 3.36. The highest BCUT2D eigenvalue weighted by Crippen LogP contribution is 2.14. The molecule has 0 atom stereocenters. The van der Waals surface area contributed by atoms with Crippen molar-refractivity contribution in [1.29, 1.82) is 0 Å². The number of ether oxygens (including phenoxy) is 2. The number of rotatable bonds is 9. The molecule has 0 aliphatic carbocycles. The van der Waals surface area contributed by atoms with Crippen molar-refractivity contribution < 1.29 is 9.47 Å². The molecule has 4 aromatic rings. The van der Waals surface area contributed by atoms with Gasteiger partial charge in [-0.15, -0.1) is 0 Å². The third-order valence-electron chi connectivity index (χ3n) is 5.35. The van der Waals surface area contributed by atoms with E-state index in [9.17, 15) is 9.59 Å². The molecule has 34 heavy (non-hydrogen) atoms. The maximum Gasteiger partial charge on any atom is 0.355 e. The van der Waals surface area contributed by atoms with Gasteiger partial charge in [0, 0.05) is 18.9 Å². The Kier molecular flexibility index (Phi) is 7.02. The van der Waals surface area contributed by atoms with Gasteiger partial charge >= 0.3 is 11.4 Å². The lowest BCUT2D eigenvalue weighted by molar-refractivity contribution is 0.414. The molecule has 0 saturated heterocycles. The fraction of sp³-hybridized carbons (Fsp3) is 0.200. The molecule has 9 nitrogen and oxygen atoms in total. The Labute approximate surface area is 196 Å². The fourth-order valence-corrected chi connectivity index (χ4v) is 3.45. The number of aromatic nitrogens is 4. The van der Waals surface area contributed by atoms with Crippen LogP contribution in [0.15, 0.2) is 82.6 Å². The van der Waals surface area contributed by atoms with Crippen LogP contribution < -0.4 is 26.2 Å². The van der Waals surface area contributed by atoms with Crippen LogP contribution in [0.1, 0.15) is 16.7 Å². The van der Waals surface area contributed by atoms with Gasteiger partial charge in [-0.3, -0.25) is 9.55 Å². The van der Waals surface area contributed by atoms with E-state index < -0.39 is 11.4 Å². The summed E-state index contributed by atoms with van der Waals surface area (Å²) >= 11 is 0. The van der Waals surface area contributed by atoms with Gasteiger partial charge in [0.15, 0.2) is 0 Å². The summed E-state index contributed by atoms with van der Waals surface area (Å²) < 4.78 is 13.0. The van der Waals surface area contributed by atoms with E-state index >= 15 is 0 Å². The van der Waals surface area contributed by atoms with Crippen molar-refractivity contribution >= 4 is 5.95 Å². The molecule has 2 aromatic carbocycles. The zero-order valence-corrected chi connectivity index (χ0v) is 19.0. The Morgan fingerprint density at radius 2 is 1.26 bits per heavy atom. The van der Waals surface area contributed by atoms with Crippen molar-refractivity contribution in [2.24, 2.45) is 0 Å². The minimum Gasteiger partial charge on any atom is -0.497 e. The average Bonchev–Trinajstić information content (AvgIpc) is 2.88. The van der Waals surface area contributed by atoms with E-state index in [4.69, 9.17) is 9.47 Å². The first-order chi connectivity index (χ1) is 16.6. The monoisotopic (exact) mass is 459 g/mol. The fourth-order valence-electron chi connectivity index (χ4n) is 3.45. The van der Waals surface area contributed by atoms with E-state index in [1.54, 1.807) is 38.7 Å². The molecule has 0 saturated carbocycles. The van der Waals surface area contributed by atoms with Crippen LogP contribution in [0.4, 0.5) is 5.95 Å². The van der Waals surface area contributed by atoms with Gasteiger partial charge in [-0.1, -0.05) is 24.3 Å². The Balaban J connectivity index is 1.70. The number of anilines is 1. The third kappa shape index (κ3) is 5.32. The number of methoxy groups -OCH3 is 2. The predicted molar refractivity (Wildman–Crippen MR) is 129 cm³/mol. The molecule has 9 heteroatoms. The van der Waals surface area contributed by atoms with Gasteiger partial charge in [-0.25, -0.2) is 14.2 Å². The second kappa shape index (κ2) is 10.5. The summed E-state index contributed by atoms with van der Waals surface area (Å²) in [4.78, 5) is 34.5. The molecule has 0 aliphatic heterocycles. The molecule has 1 N–H and O–H groups in total. The van der Waals surface area contributed by atoms with Crippen molar-refractivity contribution in [3.8, 4) is 11.5 Å². The van der Waals surface area contributed by atoms with Crippen LogP contribution in [-0.2, 0) is 19.6 Å². The van der Waals surface area contributed by atoms with E-state index in [1.807, 2.05) is 48.5 Å². The first-order valence-electron chi connectivity index (χ1n) is 10.7. The van der Waals surface area contributed by atoms with Crippen LogP contribution >= 0.6 is 0 Å². The molecule has 4 rings (SSSR count). The minimum atomic E-state index is -0.621. The van der Waals surface area contributed by atoms with Crippen molar-refractivity contribution in [3.63, 3.8) is 0 Å². The average molecular weight is 460 g/mol. The molecular weight excluding hydrogens is 434 g/mol. The lowest BCUT2D eigenvalue weighted by atomic mass is 10.2. The maximum atomic E-state index is 13.5. The number of nitrogens with zero attached hydrogens (tertiary/aromatic N) is 4. The first-order valence-corrected chi connectivity index (χ1v) is 10.7. The third-order valence-corrected chi connectivity index (χ3v) is 5.35. The van der Waals surface area contributed by atoms with E-state index in [2.05, 4.69) is 15.3 Å².